The highest BCUT2D eigenvalue weighted by atomic mass is 127. The molecule has 1 saturated carbocycles. The van der Waals surface area contributed by atoms with Gasteiger partial charge in [0.1, 0.15) is 0 Å². The van der Waals surface area contributed by atoms with E-state index in [1.165, 1.54) is 37.0 Å². The van der Waals surface area contributed by atoms with E-state index in [0.29, 0.717) is 12.0 Å². The summed E-state index contributed by atoms with van der Waals surface area (Å²) in [6.07, 6.45) is 10.3. The molecule has 6 heteroatoms. The number of halogens is 1. The molecule has 1 aliphatic carbocycles. The number of thiazole rings is 1. The maximum Gasteiger partial charge on any atom is 0.188 e. The Morgan fingerprint density at radius 3 is 2.85 bits per heavy atom. The van der Waals surface area contributed by atoms with Crippen LogP contribution in [0.5, 0.6) is 0 Å². The lowest BCUT2D eigenvalue weighted by atomic mass is 9.96. The van der Waals surface area contributed by atoms with Crippen LogP contribution >= 0.6 is 35.3 Å². The minimum Gasteiger partial charge on any atom is -0.370 e. The van der Waals surface area contributed by atoms with E-state index in [-0.39, 0.29) is 24.0 Å². The fourth-order valence-corrected chi connectivity index (χ4v) is 3.25. The average Bonchev–Trinajstić information content (AvgIpc) is 2.88. The Morgan fingerprint density at radius 1 is 1.45 bits per heavy atom. The summed E-state index contributed by atoms with van der Waals surface area (Å²) in [6.45, 7) is 2.88. The Balaban J connectivity index is 0.00000200. The van der Waals surface area contributed by atoms with E-state index in [9.17, 15) is 0 Å². The molecular formula is C14H25IN4S. The van der Waals surface area contributed by atoms with Crippen molar-refractivity contribution in [3.8, 4) is 0 Å². The van der Waals surface area contributed by atoms with Crippen molar-refractivity contribution in [2.75, 3.05) is 6.54 Å². The Hall–Kier alpha value is -0.370. The molecule has 1 fully saturated rings. The number of hydrogen-bond acceptors (Lipinski definition) is 3. The SMILES string of the molecule is CCc1cnc(CCN=C(N)NC2CCCCC2)s1.I. The van der Waals surface area contributed by atoms with Crippen molar-refractivity contribution in [3.05, 3.63) is 16.1 Å². The standard InChI is InChI=1S/C14H24N4S.HI/c1-2-12-10-17-13(19-12)8-9-16-14(15)18-11-6-4-3-5-7-11;/h10-11H,2-9H2,1H3,(H3,15,16,18);1H. The van der Waals surface area contributed by atoms with Gasteiger partial charge in [0, 0.05) is 30.1 Å². The van der Waals surface area contributed by atoms with Crippen molar-refractivity contribution >= 4 is 41.3 Å². The first-order valence-corrected chi connectivity index (χ1v) is 8.09. The second-order valence-corrected chi connectivity index (χ2v) is 6.27. The van der Waals surface area contributed by atoms with Crippen molar-refractivity contribution in [1.82, 2.24) is 10.3 Å². The van der Waals surface area contributed by atoms with Gasteiger partial charge < -0.3 is 11.1 Å². The Labute approximate surface area is 142 Å². The van der Waals surface area contributed by atoms with Gasteiger partial charge in [-0.15, -0.1) is 35.3 Å². The molecule has 1 aromatic heterocycles. The smallest absolute Gasteiger partial charge is 0.188 e. The monoisotopic (exact) mass is 408 g/mol. The third kappa shape index (κ3) is 5.95. The zero-order valence-corrected chi connectivity index (χ0v) is 15.2. The van der Waals surface area contributed by atoms with Crippen molar-refractivity contribution < 1.29 is 0 Å². The zero-order chi connectivity index (χ0) is 13.5. The van der Waals surface area contributed by atoms with Gasteiger partial charge in [-0.1, -0.05) is 26.2 Å². The molecule has 1 aromatic rings. The highest BCUT2D eigenvalue weighted by Crippen LogP contribution is 2.17. The van der Waals surface area contributed by atoms with E-state index in [1.807, 2.05) is 6.20 Å². The van der Waals surface area contributed by atoms with Crippen LogP contribution in [0.4, 0.5) is 0 Å². The predicted octanol–water partition coefficient (Wildman–Crippen LogP) is 3.10. The Bertz CT molecular complexity index is 413. The predicted molar refractivity (Wildman–Crippen MR) is 97.1 cm³/mol. The molecule has 0 bridgehead atoms. The maximum absolute atomic E-state index is 5.92. The molecule has 2 rings (SSSR count). The van der Waals surface area contributed by atoms with Crippen LogP contribution in [0, 0.1) is 0 Å². The summed E-state index contributed by atoms with van der Waals surface area (Å²) in [6, 6.07) is 0.532. The van der Waals surface area contributed by atoms with Crippen molar-refractivity contribution in [1.29, 1.82) is 0 Å². The molecule has 0 saturated heterocycles. The maximum atomic E-state index is 5.92. The van der Waals surface area contributed by atoms with Crippen LogP contribution in [-0.2, 0) is 12.8 Å². The topological polar surface area (TPSA) is 63.3 Å². The van der Waals surface area contributed by atoms with Gasteiger partial charge in [-0.2, -0.15) is 0 Å². The number of guanidine groups is 1. The first-order valence-electron chi connectivity index (χ1n) is 7.28. The van der Waals surface area contributed by atoms with Gasteiger partial charge in [-0.3, -0.25) is 4.99 Å². The summed E-state index contributed by atoms with van der Waals surface area (Å²) in [5, 5.41) is 4.49. The summed E-state index contributed by atoms with van der Waals surface area (Å²) in [7, 11) is 0. The molecule has 0 aromatic carbocycles. The molecule has 0 aliphatic heterocycles. The van der Waals surface area contributed by atoms with Gasteiger partial charge in [-0.05, 0) is 19.3 Å². The lowest BCUT2D eigenvalue weighted by Crippen LogP contribution is -2.41. The van der Waals surface area contributed by atoms with Gasteiger partial charge in [0.05, 0.1) is 5.01 Å². The van der Waals surface area contributed by atoms with Gasteiger partial charge >= 0.3 is 0 Å². The second kappa shape index (κ2) is 9.55. The average molecular weight is 408 g/mol. The number of nitrogens with zero attached hydrogens (tertiary/aromatic N) is 2. The molecule has 0 atom stereocenters. The first-order chi connectivity index (χ1) is 9.28. The quantitative estimate of drug-likeness (QED) is 0.447. The van der Waals surface area contributed by atoms with Crippen LogP contribution in [0.15, 0.2) is 11.2 Å². The van der Waals surface area contributed by atoms with Gasteiger partial charge in [0.2, 0.25) is 0 Å². The summed E-state index contributed by atoms with van der Waals surface area (Å²) >= 11 is 1.78. The molecule has 4 nitrogen and oxygen atoms in total. The van der Waals surface area contributed by atoms with E-state index in [2.05, 4.69) is 22.2 Å². The van der Waals surface area contributed by atoms with E-state index in [1.54, 1.807) is 11.3 Å². The van der Waals surface area contributed by atoms with E-state index in [0.717, 1.165) is 24.4 Å². The van der Waals surface area contributed by atoms with Crippen LogP contribution in [-0.4, -0.2) is 23.5 Å². The minimum absolute atomic E-state index is 0. The lowest BCUT2D eigenvalue weighted by Gasteiger charge is -2.23. The molecule has 1 heterocycles. The fraction of sp³-hybridized carbons (Fsp3) is 0.714. The number of aliphatic imine (C=N–C) groups is 1. The van der Waals surface area contributed by atoms with Crippen molar-refractivity contribution in [3.63, 3.8) is 0 Å². The lowest BCUT2D eigenvalue weighted by molar-refractivity contribution is 0.412. The molecule has 1 aliphatic rings. The number of nitrogens with one attached hydrogen (secondary N) is 1. The molecule has 0 unspecified atom stereocenters. The van der Waals surface area contributed by atoms with Crippen LogP contribution < -0.4 is 11.1 Å². The first kappa shape index (κ1) is 17.7. The molecular weight excluding hydrogens is 383 g/mol. The molecule has 0 spiro atoms. The van der Waals surface area contributed by atoms with Gasteiger partial charge in [0.25, 0.3) is 0 Å². The molecule has 3 N–H and O–H groups in total. The van der Waals surface area contributed by atoms with Gasteiger partial charge in [0.15, 0.2) is 5.96 Å². The molecule has 0 amide bonds. The van der Waals surface area contributed by atoms with E-state index in [4.69, 9.17) is 5.73 Å². The summed E-state index contributed by atoms with van der Waals surface area (Å²) in [4.78, 5) is 10.1. The second-order valence-electron chi connectivity index (χ2n) is 5.07. The minimum atomic E-state index is 0. The summed E-state index contributed by atoms with van der Waals surface area (Å²) in [5.74, 6) is 0.596. The third-order valence-corrected chi connectivity index (χ3v) is 4.72. The van der Waals surface area contributed by atoms with Crippen LogP contribution in [0.3, 0.4) is 0 Å². The number of nitrogens with two attached hydrogens (primary N) is 1. The summed E-state index contributed by atoms with van der Waals surface area (Å²) in [5.41, 5.74) is 5.92. The van der Waals surface area contributed by atoms with Crippen molar-refractivity contribution in [2.45, 2.75) is 57.9 Å². The van der Waals surface area contributed by atoms with E-state index < -0.39 is 0 Å². The van der Waals surface area contributed by atoms with E-state index >= 15 is 0 Å². The number of aryl methyl sites for hydroxylation is 1. The Kier molecular flexibility index (Phi) is 8.44. The molecule has 20 heavy (non-hydrogen) atoms. The normalized spacial score (nSPS) is 16.8. The largest absolute Gasteiger partial charge is 0.370 e. The Morgan fingerprint density at radius 2 is 2.20 bits per heavy atom. The van der Waals surface area contributed by atoms with Crippen LogP contribution in [0.1, 0.15) is 48.9 Å². The van der Waals surface area contributed by atoms with Gasteiger partial charge in [-0.25, -0.2) is 4.98 Å². The molecule has 114 valence electrons. The zero-order valence-electron chi connectivity index (χ0n) is 12.1. The highest BCUT2D eigenvalue weighted by molar-refractivity contribution is 14.0. The summed E-state index contributed by atoms with van der Waals surface area (Å²) < 4.78 is 0. The highest BCUT2D eigenvalue weighted by Gasteiger charge is 2.13. The van der Waals surface area contributed by atoms with Crippen molar-refractivity contribution in [2.24, 2.45) is 10.7 Å². The van der Waals surface area contributed by atoms with Crippen LogP contribution in [0.2, 0.25) is 0 Å². The molecule has 0 radical (unpaired) electrons. The van der Waals surface area contributed by atoms with Crippen LogP contribution in [0.25, 0.3) is 0 Å². The number of rotatable bonds is 5. The number of hydrogen-bond donors (Lipinski definition) is 2. The number of aromatic nitrogens is 1. The fourth-order valence-electron chi connectivity index (χ4n) is 2.40. The third-order valence-electron chi connectivity index (χ3n) is 3.51.